The number of aryl methyl sites for hydroxylation is 2. The molecule has 2 N–H and O–H groups in total. The number of aliphatic hydroxyl groups is 1. The normalized spacial score (nSPS) is 16.8. The van der Waals surface area contributed by atoms with Crippen molar-refractivity contribution in [3.05, 3.63) is 188 Å². The highest BCUT2D eigenvalue weighted by Gasteiger charge is 2.49. The fourth-order valence-corrected chi connectivity index (χ4v) is 17.0. The smallest absolute Gasteiger partial charge is 0.217 e. The molecule has 7 aromatic carbocycles. The predicted molar refractivity (Wildman–Crippen MR) is 412 cm³/mol. The van der Waals surface area contributed by atoms with Gasteiger partial charge in [-0.1, -0.05) is 225 Å². The molecule has 506 valence electrons. The van der Waals surface area contributed by atoms with Crippen LogP contribution in [0.15, 0.2) is 133 Å². The van der Waals surface area contributed by atoms with Gasteiger partial charge in [0.05, 0.1) is 23.0 Å². The summed E-state index contributed by atoms with van der Waals surface area (Å²) in [5.41, 5.74) is 15.6. The second-order valence-electron chi connectivity index (χ2n) is 36.9. The third kappa shape index (κ3) is 14.6. The average Bonchev–Trinajstić information content (AvgIpc) is 1.60. The molecule has 95 heavy (non-hydrogen) atoms. The molecule has 0 bridgehead atoms. The second kappa shape index (κ2) is 24.4. The Morgan fingerprint density at radius 2 is 0.937 bits per heavy atom. The van der Waals surface area contributed by atoms with Crippen LogP contribution in [0.5, 0.6) is 11.5 Å². The maximum absolute atomic E-state index is 14.6. The zero-order valence-corrected chi connectivity index (χ0v) is 64.9. The number of phenolic OH excluding ortho intramolecular Hbond substituents is 1. The van der Waals surface area contributed by atoms with E-state index < -0.39 is 19.9 Å². The van der Waals surface area contributed by atoms with Crippen LogP contribution in [-0.2, 0) is 31.8 Å². The number of aromatic nitrogens is 2. The van der Waals surface area contributed by atoms with Crippen molar-refractivity contribution in [1.29, 1.82) is 0 Å². The van der Waals surface area contributed by atoms with Crippen molar-refractivity contribution in [3.63, 3.8) is 0 Å². The SMILES string of the molecule is Cc1cc(Cl)cc(C2=CC(C(C)(C)CC(C)(C)C)=CC(n3c4ccc(C(C)(C)C)cc4c4cc(C(C)(C)C)ccc43)C2(O)OC[Si](C)(C)COc2c(C)cc(Cl)cc2-c2cc(C(C)(C)CC(C)(C)C)cc(-n3c4ccc(C(C)(C)C)cc4c4cc(C(C)(C)C)ccc43)c2O)c1. The lowest BCUT2D eigenvalue weighted by Gasteiger charge is -2.45. The molecule has 0 saturated carbocycles. The Balaban J connectivity index is 1.14. The number of allylic oxidation sites excluding steroid dienone is 2. The number of halogens is 2. The minimum absolute atomic E-state index is 0.00519. The molecule has 10 rings (SSSR count). The van der Waals surface area contributed by atoms with Crippen molar-refractivity contribution < 1.29 is 19.7 Å². The third-order valence-corrected chi connectivity index (χ3v) is 22.0. The van der Waals surface area contributed by atoms with E-state index in [9.17, 15) is 10.2 Å². The van der Waals surface area contributed by atoms with Crippen LogP contribution in [-0.4, -0.2) is 45.7 Å². The van der Waals surface area contributed by atoms with E-state index in [0.717, 1.165) is 84.3 Å². The van der Waals surface area contributed by atoms with Crippen LogP contribution >= 0.6 is 23.2 Å². The Morgan fingerprint density at radius 1 is 0.495 bits per heavy atom. The van der Waals surface area contributed by atoms with Gasteiger partial charge in [0, 0.05) is 65.6 Å². The van der Waals surface area contributed by atoms with Crippen LogP contribution in [0.2, 0.25) is 23.1 Å². The molecule has 2 atom stereocenters. The highest BCUT2D eigenvalue weighted by atomic mass is 35.5. The van der Waals surface area contributed by atoms with E-state index in [-0.39, 0.29) is 55.3 Å². The van der Waals surface area contributed by atoms with Gasteiger partial charge in [0.15, 0.2) is 0 Å². The fourth-order valence-electron chi connectivity index (χ4n) is 15.2. The van der Waals surface area contributed by atoms with Gasteiger partial charge in [-0.15, -0.1) is 0 Å². The fraction of sp³-hybridized carbons (Fsp3) is 0.465. The Hall–Kier alpha value is -6.06. The number of hydrogen-bond donors (Lipinski definition) is 2. The van der Waals surface area contributed by atoms with Crippen LogP contribution in [0.25, 0.3) is 66.0 Å². The van der Waals surface area contributed by atoms with Crippen molar-refractivity contribution in [1.82, 2.24) is 9.13 Å². The van der Waals surface area contributed by atoms with E-state index >= 15 is 0 Å². The first-order valence-corrected chi connectivity index (χ1v) is 38.7. The molecule has 0 fully saturated rings. The number of ether oxygens (including phenoxy) is 2. The quantitative estimate of drug-likeness (QED) is 0.0841. The Bertz CT molecular complexity index is 4380. The molecule has 0 radical (unpaired) electrons. The van der Waals surface area contributed by atoms with Gasteiger partial charge in [-0.05, 0) is 211 Å². The van der Waals surface area contributed by atoms with E-state index in [1.807, 2.05) is 31.2 Å². The van der Waals surface area contributed by atoms with Crippen molar-refractivity contribution in [2.75, 3.05) is 12.5 Å². The summed E-state index contributed by atoms with van der Waals surface area (Å²) in [5, 5.41) is 33.7. The maximum atomic E-state index is 14.6. The number of benzene rings is 7. The van der Waals surface area contributed by atoms with E-state index in [4.69, 9.17) is 32.7 Å². The molecule has 0 saturated heterocycles. The Morgan fingerprint density at radius 3 is 1.39 bits per heavy atom. The molecule has 9 heteroatoms. The van der Waals surface area contributed by atoms with Crippen LogP contribution < -0.4 is 4.74 Å². The molecule has 9 aromatic rings. The van der Waals surface area contributed by atoms with Crippen LogP contribution in [0.1, 0.15) is 216 Å². The summed E-state index contributed by atoms with van der Waals surface area (Å²) in [6.45, 7) is 59.0. The number of aromatic hydroxyl groups is 1. The maximum Gasteiger partial charge on any atom is 0.217 e. The van der Waals surface area contributed by atoms with Crippen LogP contribution in [0.3, 0.4) is 0 Å². The standard InChI is InChI=1S/C86H110Cl2N2O4Si/c1-52-35-54(38-61(87)36-52)69-44-60(85(23,24)49-79(6,7)8)46-75(90-72-33-29-57(82(15,16)17)41-65(72)66-42-58(83(18,19)20)30-34-73(66)90)86(69,92)94-51-95(25,26)50-93-77-53(2)37-62(88)47-68(77)67-43-59(84(21,22)48-78(3,4)5)45-74(76(67)91)89-70-31-27-55(80(9,10)11)39-63(70)64-40-56(81(12,13)14)28-32-71(64)89/h27-47,75,91-92H,48-51H2,1-26H3. The summed E-state index contributed by atoms with van der Waals surface area (Å²) in [4.78, 5) is 0. The molecule has 0 amide bonds. The minimum Gasteiger partial charge on any atom is -0.505 e. The molecule has 2 unspecified atom stereocenters. The summed E-state index contributed by atoms with van der Waals surface area (Å²) in [5.74, 6) is -1.15. The van der Waals surface area contributed by atoms with Gasteiger partial charge < -0.3 is 28.8 Å². The molecule has 6 nitrogen and oxygen atoms in total. The highest BCUT2D eigenvalue weighted by molar-refractivity contribution is 6.77. The summed E-state index contributed by atoms with van der Waals surface area (Å²) >= 11 is 14.3. The zero-order valence-electron chi connectivity index (χ0n) is 62.4. The van der Waals surface area contributed by atoms with Crippen LogP contribution in [0, 0.1) is 30.1 Å². The monoisotopic (exact) mass is 1330 g/mol. The lowest BCUT2D eigenvalue weighted by Crippen LogP contribution is -2.50. The predicted octanol–water partition coefficient (Wildman–Crippen LogP) is 24.7. The van der Waals surface area contributed by atoms with Crippen molar-refractivity contribution in [2.24, 2.45) is 16.2 Å². The number of fused-ring (bicyclic) bond motifs is 6. The lowest BCUT2D eigenvalue weighted by molar-refractivity contribution is -0.167. The molecule has 2 aromatic heterocycles. The van der Waals surface area contributed by atoms with E-state index in [1.54, 1.807) is 0 Å². The molecule has 1 aliphatic carbocycles. The van der Waals surface area contributed by atoms with Gasteiger partial charge in [-0.25, -0.2) is 0 Å². The summed E-state index contributed by atoms with van der Waals surface area (Å²) in [6, 6.07) is 41.1. The molecular weight excluding hydrogens is 1220 g/mol. The Labute approximate surface area is 581 Å². The third-order valence-electron chi connectivity index (χ3n) is 19.7. The average molecular weight is 1330 g/mol. The highest BCUT2D eigenvalue weighted by Crippen LogP contribution is 2.54. The molecule has 0 spiro atoms. The topological polar surface area (TPSA) is 68.8 Å². The second-order valence-corrected chi connectivity index (χ2v) is 42.7. The summed E-state index contributed by atoms with van der Waals surface area (Å²) in [7, 11) is -2.71. The zero-order chi connectivity index (χ0) is 70.3. The number of nitrogens with zero attached hydrogens (tertiary/aromatic N) is 2. The van der Waals surface area contributed by atoms with Crippen molar-refractivity contribution in [2.45, 2.75) is 231 Å². The van der Waals surface area contributed by atoms with E-state index in [1.165, 1.54) is 22.3 Å². The number of hydrogen-bond acceptors (Lipinski definition) is 4. The largest absolute Gasteiger partial charge is 0.505 e. The van der Waals surface area contributed by atoms with E-state index in [0.29, 0.717) is 44.4 Å². The van der Waals surface area contributed by atoms with Gasteiger partial charge in [0.2, 0.25) is 5.79 Å². The van der Waals surface area contributed by atoms with Gasteiger partial charge in [0.25, 0.3) is 0 Å². The van der Waals surface area contributed by atoms with Crippen LogP contribution in [0.4, 0.5) is 0 Å². The summed E-state index contributed by atoms with van der Waals surface area (Å²) < 4.78 is 19.6. The minimum atomic E-state index is -2.71. The van der Waals surface area contributed by atoms with Crippen molar-refractivity contribution >= 4 is 80.5 Å². The van der Waals surface area contributed by atoms with Gasteiger partial charge >= 0.3 is 0 Å². The molecule has 2 heterocycles. The number of phenols is 1. The Kier molecular flexibility index (Phi) is 18.4. The molecule has 1 aliphatic rings. The molecular formula is C86H110Cl2N2O4Si. The molecule has 0 aliphatic heterocycles. The summed E-state index contributed by atoms with van der Waals surface area (Å²) in [6.07, 6.45) is 6.83. The number of rotatable bonds is 14. The first kappa shape index (κ1) is 71.7. The first-order valence-electron chi connectivity index (χ1n) is 34.5. The lowest BCUT2D eigenvalue weighted by atomic mass is 9.68. The van der Waals surface area contributed by atoms with Gasteiger partial charge in [0.1, 0.15) is 25.6 Å². The van der Waals surface area contributed by atoms with Gasteiger partial charge in [-0.2, -0.15) is 0 Å². The van der Waals surface area contributed by atoms with Gasteiger partial charge in [-0.3, -0.25) is 0 Å². The first-order chi connectivity index (χ1) is 43.5. The van der Waals surface area contributed by atoms with E-state index in [2.05, 4.69) is 285 Å². The van der Waals surface area contributed by atoms with Crippen molar-refractivity contribution in [3.8, 4) is 28.3 Å².